The number of methoxy groups -OCH3 is 1. The van der Waals surface area contributed by atoms with Crippen molar-refractivity contribution in [3.63, 3.8) is 0 Å². The van der Waals surface area contributed by atoms with Crippen LogP contribution in [0, 0.1) is 0 Å². The van der Waals surface area contributed by atoms with Gasteiger partial charge in [-0.2, -0.15) is 12.8 Å². The highest BCUT2D eigenvalue weighted by molar-refractivity contribution is 7.90. The minimum atomic E-state index is -4.04. The van der Waals surface area contributed by atoms with Gasteiger partial charge in [0.25, 0.3) is 10.0 Å². The highest BCUT2D eigenvalue weighted by Gasteiger charge is 2.26. The molecule has 0 fully saturated rings. The van der Waals surface area contributed by atoms with Crippen molar-refractivity contribution in [1.82, 2.24) is 0 Å². The molecular weight excluding hydrogens is 448 g/mol. The molecule has 0 spiro atoms. The van der Waals surface area contributed by atoms with Gasteiger partial charge in [0.2, 0.25) is 5.78 Å². The van der Waals surface area contributed by atoms with Gasteiger partial charge >= 0.3 is 0 Å². The molecule has 34 heavy (non-hydrogen) atoms. The second kappa shape index (κ2) is 8.61. The van der Waals surface area contributed by atoms with Gasteiger partial charge < -0.3 is 10.1 Å². The minimum Gasteiger partial charge on any atom is -0.495 e. The van der Waals surface area contributed by atoms with Crippen LogP contribution in [0.5, 0.6) is 5.75 Å². The summed E-state index contributed by atoms with van der Waals surface area (Å²) in [7, 11) is -2.50. The maximum absolute atomic E-state index is 13.3. The molecule has 0 bridgehead atoms. The molecule has 0 atom stereocenters. The largest absolute Gasteiger partial charge is 0.495 e. The summed E-state index contributed by atoms with van der Waals surface area (Å²) in [5, 5.41) is 4.82. The number of carbonyl (C=O) groups is 1. The predicted molar refractivity (Wildman–Crippen MR) is 133 cm³/mol. The van der Waals surface area contributed by atoms with Crippen molar-refractivity contribution in [2.75, 3.05) is 12.4 Å². The molecule has 0 saturated carbocycles. The Morgan fingerprint density at radius 1 is 0.794 bits per heavy atom. The zero-order valence-corrected chi connectivity index (χ0v) is 19.0. The molecule has 0 amide bonds. The summed E-state index contributed by atoms with van der Waals surface area (Å²) in [4.78, 5) is 13.3. The molecule has 6 nitrogen and oxygen atoms in total. The monoisotopic (exact) mass is 468 g/mol. The fourth-order valence-electron chi connectivity index (χ4n) is 3.90. The number of nitrogens with zero attached hydrogens (tertiary/aromatic N) is 1. The quantitative estimate of drug-likeness (QED) is 0.434. The molecule has 1 N–H and O–H groups in total. The summed E-state index contributed by atoms with van der Waals surface area (Å²) in [5.74, 6) is 0.292. The van der Waals surface area contributed by atoms with Crippen LogP contribution in [0.3, 0.4) is 0 Å². The first kappa shape index (κ1) is 21.6. The topological polar surface area (TPSA) is 84.8 Å². The third kappa shape index (κ3) is 3.97. The number of hydrogen-bond donors (Lipinski definition) is 1. The smallest absolute Gasteiger partial charge is 0.282 e. The Balaban J connectivity index is 1.62. The molecule has 0 aromatic heterocycles. The number of ketones is 1. The van der Waals surface area contributed by atoms with E-state index in [2.05, 4.69) is 9.71 Å². The van der Waals surface area contributed by atoms with Crippen LogP contribution in [0.2, 0.25) is 0 Å². The first-order chi connectivity index (χ1) is 16.5. The van der Waals surface area contributed by atoms with Crippen LogP contribution in [0.1, 0.15) is 15.9 Å². The summed E-state index contributed by atoms with van der Waals surface area (Å²) in [5.41, 5.74) is 1.80. The Morgan fingerprint density at radius 3 is 2.26 bits per heavy atom. The number of sulfonamides is 1. The van der Waals surface area contributed by atoms with E-state index in [1.165, 1.54) is 13.2 Å². The molecule has 5 rings (SSSR count). The molecule has 0 unspecified atom stereocenters. The van der Waals surface area contributed by atoms with E-state index in [-0.39, 0.29) is 22.1 Å². The van der Waals surface area contributed by atoms with Crippen molar-refractivity contribution < 1.29 is 17.9 Å². The van der Waals surface area contributed by atoms with Gasteiger partial charge in [-0.25, -0.2) is 0 Å². The molecule has 4 aromatic carbocycles. The third-order valence-corrected chi connectivity index (χ3v) is 6.87. The van der Waals surface area contributed by atoms with Crippen LogP contribution < -0.4 is 10.1 Å². The van der Waals surface area contributed by atoms with Crippen molar-refractivity contribution in [3.8, 4) is 5.75 Å². The van der Waals surface area contributed by atoms with Crippen molar-refractivity contribution in [1.29, 1.82) is 0 Å². The molecule has 0 saturated heterocycles. The fraction of sp³-hybridized carbons (Fsp3) is 0.0370. The van der Waals surface area contributed by atoms with E-state index in [4.69, 9.17) is 4.74 Å². The number of ether oxygens (including phenoxy) is 1. The maximum atomic E-state index is 13.3. The van der Waals surface area contributed by atoms with Gasteiger partial charge in [0.1, 0.15) is 5.75 Å². The normalized spacial score (nSPS) is 14.6. The van der Waals surface area contributed by atoms with Gasteiger partial charge in [-0.3, -0.25) is 4.79 Å². The fourth-order valence-corrected chi connectivity index (χ4v) is 4.93. The van der Waals surface area contributed by atoms with Crippen LogP contribution in [0.25, 0.3) is 10.8 Å². The number of fused-ring (bicyclic) bond motifs is 2. The maximum Gasteiger partial charge on any atom is 0.282 e. The van der Waals surface area contributed by atoms with Crippen molar-refractivity contribution in [2.45, 2.75) is 4.90 Å². The summed E-state index contributed by atoms with van der Waals surface area (Å²) in [6, 6.07) is 26.4. The molecule has 1 aliphatic carbocycles. The molecule has 7 heteroatoms. The lowest BCUT2D eigenvalue weighted by Gasteiger charge is -2.19. The number of allylic oxidation sites excluding steroid dienone is 2. The van der Waals surface area contributed by atoms with Gasteiger partial charge in [-0.15, -0.1) is 0 Å². The van der Waals surface area contributed by atoms with Gasteiger partial charge in [0, 0.05) is 11.1 Å². The van der Waals surface area contributed by atoms with Crippen molar-refractivity contribution in [3.05, 3.63) is 114 Å². The lowest BCUT2D eigenvalue weighted by atomic mass is 9.92. The predicted octanol–water partition coefficient (Wildman–Crippen LogP) is 5.22. The minimum absolute atomic E-state index is 0.0840. The standard InChI is InChI=1S/C27H20N2O4S/c1-33-26-13-7-6-12-23(26)28-25-17-24(21-10-4-5-11-22(21)27(25)30)29-34(31,32)20-15-14-18-8-2-3-9-19(18)16-20/h2-17,28H,1H3/b29-24-. The Labute approximate surface area is 197 Å². The van der Waals surface area contributed by atoms with Gasteiger partial charge in [-0.05, 0) is 41.1 Å². The van der Waals surface area contributed by atoms with E-state index in [1.54, 1.807) is 54.6 Å². The molecule has 0 radical (unpaired) electrons. The zero-order valence-electron chi connectivity index (χ0n) is 18.2. The highest BCUT2D eigenvalue weighted by Crippen LogP contribution is 2.29. The molecule has 4 aromatic rings. The van der Waals surface area contributed by atoms with Gasteiger partial charge in [0.05, 0.1) is 29.1 Å². The summed E-state index contributed by atoms with van der Waals surface area (Å²) < 4.78 is 36.0. The van der Waals surface area contributed by atoms with Crippen LogP contribution in [-0.2, 0) is 10.0 Å². The number of para-hydroxylation sites is 2. The zero-order chi connectivity index (χ0) is 23.7. The second-order valence-electron chi connectivity index (χ2n) is 7.72. The van der Waals surface area contributed by atoms with E-state index >= 15 is 0 Å². The summed E-state index contributed by atoms with van der Waals surface area (Å²) in [6.45, 7) is 0. The first-order valence-corrected chi connectivity index (χ1v) is 12.0. The summed E-state index contributed by atoms with van der Waals surface area (Å²) >= 11 is 0. The number of nitrogens with one attached hydrogen (secondary N) is 1. The lowest BCUT2D eigenvalue weighted by Crippen LogP contribution is -2.22. The number of carbonyl (C=O) groups excluding carboxylic acids is 1. The van der Waals surface area contributed by atoms with Crippen molar-refractivity contribution >= 4 is 38.0 Å². The molecule has 168 valence electrons. The Bertz CT molecular complexity index is 1600. The third-order valence-electron chi connectivity index (χ3n) is 5.59. The molecule has 0 aliphatic heterocycles. The van der Waals surface area contributed by atoms with E-state index in [9.17, 15) is 13.2 Å². The SMILES string of the molecule is COc1ccccc1NC1=C/C(=N/S(=O)(=O)c2ccc3ccccc3c2)c2ccccc2C1=O. The van der Waals surface area contributed by atoms with Crippen molar-refractivity contribution in [2.24, 2.45) is 4.40 Å². The molecular formula is C27H20N2O4S. The Kier molecular flexibility index (Phi) is 5.47. The number of benzene rings is 4. The molecule has 0 heterocycles. The Hall–Kier alpha value is -4.23. The van der Waals surface area contributed by atoms with Crippen LogP contribution in [-0.4, -0.2) is 27.0 Å². The van der Waals surface area contributed by atoms with E-state index in [1.807, 2.05) is 36.4 Å². The number of rotatable bonds is 5. The number of hydrogen-bond acceptors (Lipinski definition) is 5. The van der Waals surface area contributed by atoms with Crippen LogP contribution in [0.15, 0.2) is 112 Å². The van der Waals surface area contributed by atoms with Gasteiger partial charge in [-0.1, -0.05) is 66.7 Å². The Morgan fingerprint density at radius 2 is 1.47 bits per heavy atom. The average Bonchev–Trinajstić information content (AvgIpc) is 2.86. The lowest BCUT2D eigenvalue weighted by molar-refractivity contribution is 0.103. The number of anilines is 1. The molecule has 1 aliphatic rings. The first-order valence-electron chi connectivity index (χ1n) is 10.6. The van der Waals surface area contributed by atoms with Gasteiger partial charge in [0.15, 0.2) is 0 Å². The summed E-state index contributed by atoms with van der Waals surface area (Å²) in [6.07, 6.45) is 1.47. The number of Topliss-reactive ketones (excluding diaryl/α,β-unsaturated/α-hetero) is 1. The van der Waals surface area contributed by atoms with E-state index in [0.29, 0.717) is 22.6 Å². The average molecular weight is 469 g/mol. The van der Waals surface area contributed by atoms with Crippen LogP contribution in [0.4, 0.5) is 5.69 Å². The van der Waals surface area contributed by atoms with E-state index in [0.717, 1.165) is 10.8 Å². The second-order valence-corrected chi connectivity index (χ2v) is 9.32. The highest BCUT2D eigenvalue weighted by atomic mass is 32.2. The van der Waals surface area contributed by atoms with Crippen LogP contribution >= 0.6 is 0 Å². The van der Waals surface area contributed by atoms with E-state index < -0.39 is 10.0 Å².